The van der Waals surface area contributed by atoms with E-state index in [-0.39, 0.29) is 6.54 Å². The van der Waals surface area contributed by atoms with Crippen LogP contribution in [0, 0.1) is 0 Å². The molecule has 1 fully saturated rings. The molecule has 0 radical (unpaired) electrons. The molecule has 2 rings (SSSR count). The molecule has 0 N–H and O–H groups in total. The van der Waals surface area contributed by atoms with Gasteiger partial charge in [-0.05, 0) is 44.3 Å². The molecule has 6 heteroatoms. The van der Waals surface area contributed by atoms with Crippen molar-refractivity contribution in [2.45, 2.75) is 36.7 Å². The van der Waals surface area contributed by atoms with Gasteiger partial charge in [-0.25, -0.2) is 8.42 Å². The lowest BCUT2D eigenvalue weighted by molar-refractivity contribution is 0.208. The van der Waals surface area contributed by atoms with E-state index in [9.17, 15) is 17.2 Å². The average molecular weight is 317 g/mol. The van der Waals surface area contributed by atoms with Crippen LogP contribution in [0.2, 0.25) is 0 Å². The zero-order valence-electron chi connectivity index (χ0n) is 11.9. The summed E-state index contributed by atoms with van der Waals surface area (Å²) in [7, 11) is -4.29. The Labute approximate surface area is 124 Å². The number of aryl methyl sites for hydroxylation is 1. The summed E-state index contributed by atoms with van der Waals surface area (Å²) in [5, 5.41) is -0.914. The third-order valence-corrected chi connectivity index (χ3v) is 5.77. The van der Waals surface area contributed by atoms with E-state index in [4.69, 9.17) is 0 Å². The normalized spacial score (nSPS) is 20.8. The summed E-state index contributed by atoms with van der Waals surface area (Å²) < 4.78 is 48.3. The lowest BCUT2D eigenvalue weighted by atomic mass is 10.1. The smallest absolute Gasteiger partial charge is 0.302 e. The van der Waals surface area contributed by atoms with Crippen LogP contribution in [0.25, 0.3) is 0 Å². The number of nitrogens with zero attached hydrogens (tertiary/aromatic N) is 1. The molecule has 1 aliphatic rings. The lowest BCUT2D eigenvalue weighted by Crippen LogP contribution is -2.44. The Kier molecular flexibility index (Phi) is 5.70. The first-order valence-electron chi connectivity index (χ1n) is 7.27. The summed E-state index contributed by atoms with van der Waals surface area (Å²) in [4.78, 5) is 2.00. The predicted molar refractivity (Wildman–Crippen MR) is 79.1 cm³/mol. The van der Waals surface area contributed by atoms with Crippen LogP contribution in [-0.4, -0.2) is 44.0 Å². The van der Waals surface area contributed by atoms with Crippen LogP contribution in [0.5, 0.6) is 0 Å². The zero-order valence-corrected chi connectivity index (χ0v) is 12.7. The second-order valence-corrected chi connectivity index (χ2v) is 7.70. The number of likely N-dealkylation sites (tertiary alicyclic amines) is 1. The molecule has 118 valence electrons. The standard InChI is InChI=1S/C15H21F2NO2S/c16-15(17)21(19,20)14-9-5-11-18(12-14)10-4-8-13-6-2-1-3-7-13/h1-3,6-7,14-15H,4-5,8-12H2. The number of rotatable bonds is 6. The predicted octanol–water partition coefficient (Wildman–Crippen LogP) is 2.72. The molecule has 1 aromatic rings. The molecular formula is C15H21F2NO2S. The highest BCUT2D eigenvalue weighted by Crippen LogP contribution is 2.22. The summed E-state index contributed by atoms with van der Waals surface area (Å²) in [5.74, 6) is -3.26. The minimum atomic E-state index is -4.29. The fourth-order valence-electron chi connectivity index (χ4n) is 2.78. The number of sulfone groups is 1. The number of hydrogen-bond acceptors (Lipinski definition) is 3. The number of piperidine rings is 1. The van der Waals surface area contributed by atoms with Gasteiger partial charge < -0.3 is 4.90 Å². The van der Waals surface area contributed by atoms with Crippen LogP contribution in [0.3, 0.4) is 0 Å². The highest BCUT2D eigenvalue weighted by molar-refractivity contribution is 7.92. The van der Waals surface area contributed by atoms with E-state index in [0.29, 0.717) is 12.8 Å². The molecule has 1 heterocycles. The first kappa shape index (κ1) is 16.4. The van der Waals surface area contributed by atoms with E-state index in [0.717, 1.165) is 25.9 Å². The van der Waals surface area contributed by atoms with Crippen LogP contribution >= 0.6 is 0 Å². The topological polar surface area (TPSA) is 37.4 Å². The first-order valence-corrected chi connectivity index (χ1v) is 8.88. The van der Waals surface area contributed by atoms with Gasteiger partial charge in [-0.15, -0.1) is 0 Å². The van der Waals surface area contributed by atoms with Crippen LogP contribution in [0.1, 0.15) is 24.8 Å². The van der Waals surface area contributed by atoms with Crippen LogP contribution in [-0.2, 0) is 16.3 Å². The summed E-state index contributed by atoms with van der Waals surface area (Å²) in [6.07, 6.45) is 2.85. The Morgan fingerprint density at radius 3 is 2.62 bits per heavy atom. The molecule has 1 aromatic carbocycles. The van der Waals surface area contributed by atoms with Gasteiger partial charge in [0.2, 0.25) is 9.84 Å². The summed E-state index contributed by atoms with van der Waals surface area (Å²) in [5.41, 5.74) is 1.24. The van der Waals surface area contributed by atoms with Crippen molar-refractivity contribution in [3.05, 3.63) is 35.9 Å². The van der Waals surface area contributed by atoms with Gasteiger partial charge >= 0.3 is 5.76 Å². The first-order chi connectivity index (χ1) is 10.00. The molecule has 1 atom stereocenters. The van der Waals surface area contributed by atoms with Gasteiger partial charge in [0, 0.05) is 6.54 Å². The molecule has 21 heavy (non-hydrogen) atoms. The third-order valence-electron chi connectivity index (χ3n) is 3.96. The third kappa shape index (κ3) is 4.48. The minimum Gasteiger partial charge on any atom is -0.302 e. The quantitative estimate of drug-likeness (QED) is 0.809. The monoisotopic (exact) mass is 317 g/mol. The Morgan fingerprint density at radius 2 is 1.95 bits per heavy atom. The van der Waals surface area contributed by atoms with Crippen LogP contribution < -0.4 is 0 Å². The molecule has 0 spiro atoms. The maximum atomic E-state index is 12.6. The van der Waals surface area contributed by atoms with Crippen molar-refractivity contribution in [1.29, 1.82) is 0 Å². The Bertz CT molecular complexity index is 534. The van der Waals surface area contributed by atoms with Crippen molar-refractivity contribution >= 4 is 9.84 Å². The molecule has 1 saturated heterocycles. The van der Waals surface area contributed by atoms with Crippen molar-refractivity contribution in [2.24, 2.45) is 0 Å². The van der Waals surface area contributed by atoms with Crippen LogP contribution in [0.4, 0.5) is 8.78 Å². The maximum Gasteiger partial charge on any atom is 0.337 e. The molecule has 1 unspecified atom stereocenters. The Balaban J connectivity index is 1.82. The van der Waals surface area contributed by atoms with E-state index in [1.165, 1.54) is 5.56 Å². The molecule has 0 saturated carbocycles. The maximum absolute atomic E-state index is 12.6. The van der Waals surface area contributed by atoms with Crippen molar-refractivity contribution in [1.82, 2.24) is 4.90 Å². The fourth-order valence-corrected chi connectivity index (χ4v) is 3.99. The van der Waals surface area contributed by atoms with Gasteiger partial charge in [0.15, 0.2) is 0 Å². The Morgan fingerprint density at radius 1 is 1.24 bits per heavy atom. The molecule has 1 aliphatic heterocycles. The zero-order chi connectivity index (χ0) is 15.3. The summed E-state index contributed by atoms with van der Waals surface area (Å²) in [6, 6.07) is 10.1. The lowest BCUT2D eigenvalue weighted by Gasteiger charge is -2.32. The van der Waals surface area contributed by atoms with Crippen molar-refractivity contribution in [3.63, 3.8) is 0 Å². The fraction of sp³-hybridized carbons (Fsp3) is 0.600. The van der Waals surface area contributed by atoms with Crippen molar-refractivity contribution < 1.29 is 17.2 Å². The van der Waals surface area contributed by atoms with Crippen molar-refractivity contribution in [3.8, 4) is 0 Å². The average Bonchev–Trinajstić information content (AvgIpc) is 2.48. The van der Waals surface area contributed by atoms with E-state index in [1.54, 1.807) is 0 Å². The van der Waals surface area contributed by atoms with Gasteiger partial charge in [-0.1, -0.05) is 30.3 Å². The van der Waals surface area contributed by atoms with Gasteiger partial charge in [0.1, 0.15) is 0 Å². The highest BCUT2D eigenvalue weighted by Gasteiger charge is 2.36. The largest absolute Gasteiger partial charge is 0.337 e. The van der Waals surface area contributed by atoms with Crippen molar-refractivity contribution in [2.75, 3.05) is 19.6 Å². The number of benzene rings is 1. The van der Waals surface area contributed by atoms with Gasteiger partial charge in [-0.3, -0.25) is 0 Å². The van der Waals surface area contributed by atoms with E-state index in [2.05, 4.69) is 12.1 Å². The van der Waals surface area contributed by atoms with E-state index in [1.807, 2.05) is 23.1 Å². The number of hydrogen-bond donors (Lipinski definition) is 0. The Hall–Kier alpha value is -1.01. The summed E-state index contributed by atoms with van der Waals surface area (Å²) >= 11 is 0. The van der Waals surface area contributed by atoms with E-state index < -0.39 is 20.8 Å². The summed E-state index contributed by atoms with van der Waals surface area (Å²) in [6.45, 7) is 1.79. The van der Waals surface area contributed by atoms with Gasteiger partial charge in [0.05, 0.1) is 5.25 Å². The van der Waals surface area contributed by atoms with E-state index >= 15 is 0 Å². The second-order valence-electron chi connectivity index (χ2n) is 5.50. The number of alkyl halides is 2. The minimum absolute atomic E-state index is 0.238. The molecule has 0 aliphatic carbocycles. The molecular weight excluding hydrogens is 296 g/mol. The SMILES string of the molecule is O=S(=O)(C(F)F)C1CCCN(CCCc2ccccc2)C1. The number of halogens is 2. The van der Waals surface area contributed by atoms with Gasteiger partial charge in [0.25, 0.3) is 0 Å². The second kappa shape index (κ2) is 7.31. The molecule has 0 aromatic heterocycles. The molecule has 3 nitrogen and oxygen atoms in total. The highest BCUT2D eigenvalue weighted by atomic mass is 32.2. The molecule has 0 amide bonds. The van der Waals surface area contributed by atoms with Gasteiger partial charge in [-0.2, -0.15) is 8.78 Å². The van der Waals surface area contributed by atoms with Crippen LogP contribution in [0.15, 0.2) is 30.3 Å². The molecule has 0 bridgehead atoms.